The number of amides is 2. The second kappa shape index (κ2) is 9.22. The Morgan fingerprint density at radius 3 is 2.73 bits per heavy atom. The van der Waals surface area contributed by atoms with Gasteiger partial charge in [0.15, 0.2) is 0 Å². The highest BCUT2D eigenvalue weighted by Gasteiger charge is 2.20. The largest absolute Gasteiger partial charge is 0.352 e. The van der Waals surface area contributed by atoms with E-state index in [2.05, 4.69) is 32.0 Å². The van der Waals surface area contributed by atoms with E-state index in [0.717, 1.165) is 34.6 Å². The quantitative estimate of drug-likeness (QED) is 0.400. The third-order valence-corrected chi connectivity index (χ3v) is 6.25. The minimum Gasteiger partial charge on any atom is -0.352 e. The predicted molar refractivity (Wildman–Crippen MR) is 130 cm³/mol. The van der Waals surface area contributed by atoms with E-state index in [1.807, 2.05) is 47.8 Å². The highest BCUT2D eigenvalue weighted by Crippen LogP contribution is 2.32. The lowest BCUT2D eigenvalue weighted by molar-refractivity contribution is -0.115. The molecule has 0 radical (unpaired) electrons. The number of nitrogens with one attached hydrogen (secondary N) is 3. The zero-order valence-electron chi connectivity index (χ0n) is 17.7. The number of fused-ring (bicyclic) bond motifs is 3. The molecule has 33 heavy (non-hydrogen) atoms. The Balaban J connectivity index is 1.28. The number of hydrogen-bond acceptors (Lipinski definition) is 6. The Labute approximate surface area is 194 Å². The second-order valence-corrected chi connectivity index (χ2v) is 8.66. The van der Waals surface area contributed by atoms with Crippen molar-refractivity contribution in [2.75, 3.05) is 17.2 Å². The van der Waals surface area contributed by atoms with Crippen molar-refractivity contribution in [3.63, 3.8) is 0 Å². The normalized spacial score (nSPS) is 12.2. The van der Waals surface area contributed by atoms with Gasteiger partial charge in [0.05, 0.1) is 17.8 Å². The van der Waals surface area contributed by atoms with E-state index in [0.29, 0.717) is 18.1 Å². The third kappa shape index (κ3) is 4.75. The number of benzene rings is 2. The fourth-order valence-electron chi connectivity index (χ4n) is 3.69. The maximum Gasteiger partial charge on any atom is 0.251 e. The molecule has 5 rings (SSSR count). The van der Waals surface area contributed by atoms with Crippen molar-refractivity contribution in [1.82, 2.24) is 15.3 Å². The minimum atomic E-state index is -0.104. The van der Waals surface area contributed by atoms with Crippen molar-refractivity contribution in [1.29, 1.82) is 0 Å². The van der Waals surface area contributed by atoms with E-state index in [1.54, 1.807) is 29.7 Å². The molecule has 0 bridgehead atoms. The van der Waals surface area contributed by atoms with Gasteiger partial charge in [-0.15, -0.1) is 11.3 Å². The smallest absolute Gasteiger partial charge is 0.251 e. The molecule has 1 aliphatic rings. The van der Waals surface area contributed by atoms with Gasteiger partial charge in [0.2, 0.25) is 11.9 Å². The Kier molecular flexibility index (Phi) is 5.82. The van der Waals surface area contributed by atoms with Crippen molar-refractivity contribution >= 4 is 40.5 Å². The third-order valence-electron chi connectivity index (χ3n) is 5.31. The number of aromatic nitrogens is 2. The lowest BCUT2D eigenvalue weighted by Crippen LogP contribution is -2.25. The molecule has 0 unspecified atom stereocenters. The van der Waals surface area contributed by atoms with Crippen LogP contribution in [0.4, 0.5) is 17.3 Å². The van der Waals surface area contributed by atoms with Crippen LogP contribution in [0.2, 0.25) is 0 Å². The summed E-state index contributed by atoms with van der Waals surface area (Å²) in [6, 6.07) is 18.8. The predicted octanol–water partition coefficient (Wildman–Crippen LogP) is 4.42. The summed E-state index contributed by atoms with van der Waals surface area (Å²) in [4.78, 5) is 34.9. The fourth-order valence-corrected chi connectivity index (χ4v) is 4.39. The van der Waals surface area contributed by atoms with Crippen LogP contribution in [0.1, 0.15) is 20.8 Å². The van der Waals surface area contributed by atoms with Crippen LogP contribution in [0.5, 0.6) is 0 Å². The highest BCUT2D eigenvalue weighted by atomic mass is 32.1. The average molecular weight is 456 g/mol. The van der Waals surface area contributed by atoms with Gasteiger partial charge in [-0.1, -0.05) is 24.3 Å². The molecule has 0 saturated heterocycles. The monoisotopic (exact) mass is 455 g/mol. The number of hydrogen-bond donors (Lipinski definition) is 3. The molecule has 3 N–H and O–H groups in total. The minimum absolute atomic E-state index is 0.0882. The summed E-state index contributed by atoms with van der Waals surface area (Å²) in [7, 11) is 0. The summed E-state index contributed by atoms with van der Waals surface area (Å²) in [5.74, 6) is 0.231. The number of carbonyl (C=O) groups excluding carboxylic acids is 2. The molecule has 0 spiro atoms. The van der Waals surface area contributed by atoms with Gasteiger partial charge in [-0.05, 0) is 48.2 Å². The summed E-state index contributed by atoms with van der Waals surface area (Å²) in [5.41, 5.74) is 4.45. The van der Waals surface area contributed by atoms with Crippen molar-refractivity contribution in [2.45, 2.75) is 12.8 Å². The summed E-state index contributed by atoms with van der Waals surface area (Å²) < 4.78 is 0. The van der Waals surface area contributed by atoms with E-state index in [9.17, 15) is 9.59 Å². The first-order valence-corrected chi connectivity index (χ1v) is 11.5. The molecule has 2 aromatic carbocycles. The number of nitrogens with zero attached hydrogens (tertiary/aromatic N) is 2. The van der Waals surface area contributed by atoms with Crippen molar-refractivity contribution in [3.8, 4) is 11.3 Å². The van der Waals surface area contributed by atoms with Crippen LogP contribution in [0, 0.1) is 0 Å². The van der Waals surface area contributed by atoms with Crippen LogP contribution in [0.15, 0.2) is 72.2 Å². The van der Waals surface area contributed by atoms with Gasteiger partial charge in [0.25, 0.3) is 5.91 Å². The molecule has 0 fully saturated rings. The first-order chi connectivity index (χ1) is 16.2. The van der Waals surface area contributed by atoms with Crippen LogP contribution in [0.3, 0.4) is 0 Å². The molecule has 164 valence electrons. The Bertz CT molecular complexity index is 1300. The van der Waals surface area contributed by atoms with Crippen LogP contribution < -0.4 is 16.0 Å². The molecule has 3 heterocycles. The Morgan fingerprint density at radius 1 is 1.06 bits per heavy atom. The molecule has 1 aliphatic heterocycles. The number of para-hydroxylation sites is 1. The van der Waals surface area contributed by atoms with Crippen LogP contribution in [-0.2, 0) is 17.6 Å². The van der Waals surface area contributed by atoms with Gasteiger partial charge >= 0.3 is 0 Å². The molecule has 0 atom stereocenters. The van der Waals surface area contributed by atoms with Crippen LogP contribution >= 0.6 is 11.3 Å². The summed E-state index contributed by atoms with van der Waals surface area (Å²) in [6.07, 6.45) is 2.73. The van der Waals surface area contributed by atoms with E-state index in [-0.39, 0.29) is 18.2 Å². The topological polar surface area (TPSA) is 96.0 Å². The molecule has 8 heteroatoms. The first-order valence-electron chi connectivity index (χ1n) is 10.6. The van der Waals surface area contributed by atoms with Gasteiger partial charge in [0.1, 0.15) is 0 Å². The molecule has 2 aromatic heterocycles. The highest BCUT2D eigenvalue weighted by molar-refractivity contribution is 7.09. The fraction of sp³-hybridized carbons (Fsp3) is 0.120. The number of carbonyl (C=O) groups is 2. The average Bonchev–Trinajstić information content (AvgIpc) is 3.29. The second-order valence-electron chi connectivity index (χ2n) is 7.63. The lowest BCUT2D eigenvalue weighted by atomic mass is 10.1. The number of thiophene rings is 1. The van der Waals surface area contributed by atoms with E-state index in [4.69, 9.17) is 0 Å². The maximum atomic E-state index is 12.4. The zero-order chi connectivity index (χ0) is 22.6. The lowest BCUT2D eigenvalue weighted by Gasteiger charge is -2.11. The van der Waals surface area contributed by atoms with Crippen molar-refractivity contribution < 1.29 is 9.59 Å². The van der Waals surface area contributed by atoms with E-state index in [1.165, 1.54) is 4.88 Å². The molecule has 0 saturated carbocycles. The molecular formula is C25H21N5O2S. The SMILES string of the molecule is O=C1Cc2cnc(Nc3ccc(C(=O)NCCc4cccs4)cc3)nc2-c2ccccc2N1. The van der Waals surface area contributed by atoms with Gasteiger partial charge < -0.3 is 16.0 Å². The van der Waals surface area contributed by atoms with Crippen LogP contribution in [0.25, 0.3) is 11.3 Å². The van der Waals surface area contributed by atoms with Gasteiger partial charge in [-0.2, -0.15) is 0 Å². The van der Waals surface area contributed by atoms with Crippen molar-refractivity contribution in [3.05, 3.63) is 88.2 Å². The van der Waals surface area contributed by atoms with Gasteiger partial charge in [0, 0.05) is 40.0 Å². The van der Waals surface area contributed by atoms with Crippen molar-refractivity contribution in [2.24, 2.45) is 0 Å². The number of anilines is 3. The van der Waals surface area contributed by atoms with Crippen LogP contribution in [-0.4, -0.2) is 28.3 Å². The summed E-state index contributed by atoms with van der Waals surface area (Å²) in [5, 5.41) is 11.1. The molecule has 2 amide bonds. The summed E-state index contributed by atoms with van der Waals surface area (Å²) >= 11 is 1.69. The van der Waals surface area contributed by atoms with Gasteiger partial charge in [-0.3, -0.25) is 9.59 Å². The van der Waals surface area contributed by atoms with Gasteiger partial charge in [-0.25, -0.2) is 9.97 Å². The molecular weight excluding hydrogens is 434 g/mol. The molecule has 4 aromatic rings. The summed E-state index contributed by atoms with van der Waals surface area (Å²) in [6.45, 7) is 0.598. The zero-order valence-corrected chi connectivity index (χ0v) is 18.5. The standard InChI is InChI=1S/C25H21N5O2S/c31-22-14-17-15-27-25(30-23(17)20-5-1-2-6-21(20)29-22)28-18-9-7-16(8-10-18)24(32)26-12-11-19-4-3-13-33-19/h1-10,13,15H,11-12,14H2,(H,26,32)(H,29,31)(H,27,28,30). The number of rotatable bonds is 6. The Hall–Kier alpha value is -4.04. The maximum absolute atomic E-state index is 12.4. The van der Waals surface area contributed by atoms with E-state index < -0.39 is 0 Å². The molecule has 0 aliphatic carbocycles. The Morgan fingerprint density at radius 2 is 1.91 bits per heavy atom. The first kappa shape index (κ1) is 20.8. The molecule has 7 nitrogen and oxygen atoms in total. The van der Waals surface area contributed by atoms with E-state index >= 15 is 0 Å².